The first-order valence-electron chi connectivity index (χ1n) is 6.88. The van der Waals surface area contributed by atoms with Crippen molar-refractivity contribution in [1.29, 1.82) is 5.26 Å². The van der Waals surface area contributed by atoms with Crippen LogP contribution < -0.4 is 5.32 Å². The van der Waals surface area contributed by atoms with Crippen LogP contribution in [-0.2, 0) is 9.53 Å². The Morgan fingerprint density at radius 3 is 2.62 bits per heavy atom. The lowest BCUT2D eigenvalue weighted by molar-refractivity contribution is -0.123. The number of carbonyl (C=O) groups excluding carboxylic acids is 2. The zero-order chi connectivity index (χ0) is 17.7. The van der Waals surface area contributed by atoms with E-state index in [1.54, 1.807) is 30.3 Å². The average Bonchev–Trinajstić information content (AvgIpc) is 2.57. The Labute approximate surface area is 148 Å². The number of amides is 1. The Hall–Kier alpha value is -2.55. The first-order chi connectivity index (χ1) is 11.4. The fourth-order valence-electron chi connectivity index (χ4n) is 1.85. The predicted molar refractivity (Wildman–Crippen MR) is 91.1 cm³/mol. The maximum Gasteiger partial charge on any atom is 0.340 e. The zero-order valence-electron chi connectivity index (χ0n) is 12.5. The number of esters is 1. The summed E-state index contributed by atoms with van der Waals surface area (Å²) in [6, 6.07) is 12.9. The molecule has 0 heterocycles. The van der Waals surface area contributed by atoms with Gasteiger partial charge in [0.25, 0.3) is 5.91 Å². The number of benzene rings is 2. The fraction of sp³-hybridized carbons (Fsp3) is 0.118. The van der Waals surface area contributed by atoms with Gasteiger partial charge >= 0.3 is 5.97 Å². The highest BCUT2D eigenvalue weighted by Crippen LogP contribution is 2.26. The Bertz CT molecular complexity index is 831. The molecule has 122 valence electrons. The van der Waals surface area contributed by atoms with Gasteiger partial charge in [-0.25, -0.2) is 4.79 Å². The first-order valence-corrected chi connectivity index (χ1v) is 7.64. The maximum atomic E-state index is 12.1. The zero-order valence-corrected chi connectivity index (χ0v) is 14.1. The molecule has 0 saturated carbocycles. The van der Waals surface area contributed by atoms with Crippen molar-refractivity contribution in [3.63, 3.8) is 0 Å². The third-order valence-corrected chi connectivity index (χ3v) is 3.90. The minimum absolute atomic E-state index is 0.0681. The van der Waals surface area contributed by atoms with Crippen LogP contribution in [0, 0.1) is 11.3 Å². The molecule has 5 nitrogen and oxygen atoms in total. The molecule has 0 spiro atoms. The average molecular weight is 363 g/mol. The summed E-state index contributed by atoms with van der Waals surface area (Å²) in [5.41, 5.74) is 0.918. The highest BCUT2D eigenvalue weighted by Gasteiger charge is 2.21. The number of nitrogens with zero attached hydrogens (tertiary/aromatic N) is 1. The van der Waals surface area contributed by atoms with Crippen LogP contribution in [-0.4, -0.2) is 18.0 Å². The number of hydrogen-bond acceptors (Lipinski definition) is 4. The van der Waals surface area contributed by atoms with Gasteiger partial charge in [-0.05, 0) is 37.3 Å². The number of anilines is 1. The van der Waals surface area contributed by atoms with Gasteiger partial charge in [0.05, 0.1) is 27.2 Å². The van der Waals surface area contributed by atoms with Crippen LogP contribution in [0.2, 0.25) is 10.0 Å². The van der Waals surface area contributed by atoms with Gasteiger partial charge in [0.15, 0.2) is 6.10 Å². The maximum absolute atomic E-state index is 12.1. The molecule has 0 radical (unpaired) electrons. The second-order valence-electron chi connectivity index (χ2n) is 4.83. The number of nitrogens with one attached hydrogen (secondary N) is 1. The van der Waals surface area contributed by atoms with E-state index in [9.17, 15) is 9.59 Å². The van der Waals surface area contributed by atoms with E-state index in [0.29, 0.717) is 11.3 Å². The molecule has 0 aliphatic rings. The molecule has 1 amide bonds. The second-order valence-corrected chi connectivity index (χ2v) is 5.62. The minimum Gasteiger partial charge on any atom is -0.449 e. The van der Waals surface area contributed by atoms with E-state index < -0.39 is 18.0 Å². The van der Waals surface area contributed by atoms with Crippen molar-refractivity contribution in [2.24, 2.45) is 0 Å². The smallest absolute Gasteiger partial charge is 0.340 e. The van der Waals surface area contributed by atoms with Crippen LogP contribution in [0.15, 0.2) is 42.5 Å². The quantitative estimate of drug-likeness (QED) is 0.832. The summed E-state index contributed by atoms with van der Waals surface area (Å²) in [6.45, 7) is 1.43. The van der Waals surface area contributed by atoms with E-state index >= 15 is 0 Å². The molecule has 2 rings (SSSR count). The number of ether oxygens (including phenoxy) is 1. The van der Waals surface area contributed by atoms with Gasteiger partial charge < -0.3 is 10.1 Å². The van der Waals surface area contributed by atoms with Gasteiger partial charge in [0.2, 0.25) is 0 Å². The van der Waals surface area contributed by atoms with Crippen LogP contribution in [0.25, 0.3) is 0 Å². The molecule has 2 aromatic rings. The van der Waals surface area contributed by atoms with Gasteiger partial charge in [-0.2, -0.15) is 5.26 Å². The van der Waals surface area contributed by atoms with Crippen molar-refractivity contribution < 1.29 is 14.3 Å². The van der Waals surface area contributed by atoms with Crippen LogP contribution in [0.4, 0.5) is 5.69 Å². The van der Waals surface area contributed by atoms with Gasteiger partial charge in [-0.15, -0.1) is 0 Å². The summed E-state index contributed by atoms with van der Waals surface area (Å²) in [7, 11) is 0. The van der Waals surface area contributed by atoms with E-state index in [4.69, 9.17) is 33.2 Å². The molecule has 1 atom stereocenters. The van der Waals surface area contributed by atoms with Crippen LogP contribution in [0.3, 0.4) is 0 Å². The van der Waals surface area contributed by atoms with Crippen molar-refractivity contribution in [3.05, 3.63) is 63.6 Å². The third kappa shape index (κ3) is 4.25. The number of carbonyl (C=O) groups is 2. The van der Waals surface area contributed by atoms with E-state index in [-0.39, 0.29) is 15.6 Å². The second kappa shape index (κ2) is 7.82. The van der Waals surface area contributed by atoms with Crippen LogP contribution in [0.1, 0.15) is 22.8 Å². The standard InChI is InChI=1S/C17H12Cl2N2O3/c1-10(16(22)21-12-5-2-4-11(8-12)9-20)24-17(23)13-6-3-7-14(18)15(13)19/h2-8,10H,1H3,(H,21,22)/t10-/m1/s1. The molecule has 0 saturated heterocycles. The Morgan fingerprint density at radius 2 is 1.92 bits per heavy atom. The summed E-state index contributed by atoms with van der Waals surface area (Å²) in [6.07, 6.45) is -1.06. The van der Waals surface area contributed by atoms with E-state index in [1.165, 1.54) is 19.1 Å². The summed E-state index contributed by atoms with van der Waals surface area (Å²) >= 11 is 11.8. The molecule has 0 unspecified atom stereocenters. The molecule has 0 aliphatic heterocycles. The van der Waals surface area contributed by atoms with E-state index in [1.807, 2.05) is 6.07 Å². The molecule has 1 N–H and O–H groups in total. The lowest BCUT2D eigenvalue weighted by atomic mass is 10.2. The Kier molecular flexibility index (Phi) is 5.80. The van der Waals surface area contributed by atoms with E-state index in [0.717, 1.165) is 0 Å². The van der Waals surface area contributed by atoms with Crippen molar-refractivity contribution >= 4 is 40.8 Å². The molecule has 0 aromatic heterocycles. The number of halogens is 2. The van der Waals surface area contributed by atoms with Crippen molar-refractivity contribution in [3.8, 4) is 6.07 Å². The monoisotopic (exact) mass is 362 g/mol. The minimum atomic E-state index is -1.06. The predicted octanol–water partition coefficient (Wildman–Crippen LogP) is 4.05. The molecule has 2 aromatic carbocycles. The molecular formula is C17H12Cl2N2O3. The Balaban J connectivity index is 2.04. The van der Waals surface area contributed by atoms with Crippen molar-refractivity contribution in [2.45, 2.75) is 13.0 Å². The van der Waals surface area contributed by atoms with Gasteiger partial charge in [-0.3, -0.25) is 4.79 Å². The fourth-order valence-corrected chi connectivity index (χ4v) is 2.23. The van der Waals surface area contributed by atoms with Crippen molar-refractivity contribution in [2.75, 3.05) is 5.32 Å². The summed E-state index contributed by atoms with van der Waals surface area (Å²) in [4.78, 5) is 24.2. The van der Waals surface area contributed by atoms with Gasteiger partial charge in [-0.1, -0.05) is 35.3 Å². The third-order valence-electron chi connectivity index (χ3n) is 3.08. The summed E-state index contributed by atoms with van der Waals surface area (Å²) < 4.78 is 5.10. The van der Waals surface area contributed by atoms with Gasteiger partial charge in [0.1, 0.15) is 0 Å². The molecular weight excluding hydrogens is 351 g/mol. The number of hydrogen-bond donors (Lipinski definition) is 1. The largest absolute Gasteiger partial charge is 0.449 e. The summed E-state index contributed by atoms with van der Waals surface area (Å²) in [5.74, 6) is -1.28. The van der Waals surface area contributed by atoms with Gasteiger partial charge in [0, 0.05) is 5.69 Å². The van der Waals surface area contributed by atoms with Crippen LogP contribution >= 0.6 is 23.2 Å². The Morgan fingerprint density at radius 1 is 1.21 bits per heavy atom. The molecule has 7 heteroatoms. The molecule has 0 fully saturated rings. The van der Waals surface area contributed by atoms with E-state index in [2.05, 4.69) is 5.32 Å². The normalized spacial score (nSPS) is 11.2. The number of nitriles is 1. The first kappa shape index (κ1) is 17.8. The number of rotatable bonds is 4. The molecule has 0 aliphatic carbocycles. The summed E-state index contributed by atoms with van der Waals surface area (Å²) in [5, 5.41) is 11.7. The SMILES string of the molecule is C[C@@H](OC(=O)c1cccc(Cl)c1Cl)C(=O)Nc1cccc(C#N)c1. The van der Waals surface area contributed by atoms with Crippen molar-refractivity contribution in [1.82, 2.24) is 0 Å². The molecule has 24 heavy (non-hydrogen) atoms. The lowest BCUT2D eigenvalue weighted by Crippen LogP contribution is -2.30. The topological polar surface area (TPSA) is 79.2 Å². The highest BCUT2D eigenvalue weighted by atomic mass is 35.5. The van der Waals surface area contributed by atoms with Crippen LogP contribution in [0.5, 0.6) is 0 Å². The molecule has 0 bridgehead atoms. The lowest BCUT2D eigenvalue weighted by Gasteiger charge is -2.14. The highest BCUT2D eigenvalue weighted by molar-refractivity contribution is 6.43.